The van der Waals surface area contributed by atoms with Crippen LogP contribution in [0.15, 0.2) is 36.4 Å². The molecule has 26 heavy (non-hydrogen) atoms. The molecule has 0 aliphatic heterocycles. The third kappa shape index (κ3) is 4.70. The van der Waals surface area contributed by atoms with E-state index in [9.17, 15) is 13.6 Å². The Kier molecular flexibility index (Phi) is 6.54. The number of nitrogens with one attached hydrogen (secondary N) is 1. The first-order valence-corrected chi connectivity index (χ1v) is 8.34. The van der Waals surface area contributed by atoms with Crippen molar-refractivity contribution in [1.29, 1.82) is 5.26 Å². The molecule has 2 aromatic carbocycles. The molecule has 2 N–H and O–H groups in total. The zero-order chi connectivity index (χ0) is 19.3. The average Bonchev–Trinajstić information content (AvgIpc) is 2.60. The summed E-state index contributed by atoms with van der Waals surface area (Å²) in [5.74, 6) is -3.89. The smallest absolute Gasteiger partial charge is 0.274 e. The molecule has 4 nitrogen and oxygen atoms in total. The van der Waals surface area contributed by atoms with E-state index in [1.165, 1.54) is 30.3 Å². The molecule has 2 rings (SSSR count). The summed E-state index contributed by atoms with van der Waals surface area (Å²) in [7, 11) is 0. The maximum atomic E-state index is 14.2. The highest BCUT2D eigenvalue weighted by molar-refractivity contribution is 6.32. The van der Waals surface area contributed by atoms with E-state index in [1.54, 1.807) is 0 Å². The number of halogens is 4. The quantitative estimate of drug-likeness (QED) is 0.720. The fourth-order valence-corrected chi connectivity index (χ4v) is 2.75. The van der Waals surface area contributed by atoms with Crippen molar-refractivity contribution >= 4 is 34.8 Å². The molecule has 0 fully saturated rings. The Morgan fingerprint density at radius 1 is 1.19 bits per heavy atom. The number of aliphatic hydroxyl groups excluding tert-OH is 1. The van der Waals surface area contributed by atoms with E-state index in [0.29, 0.717) is 5.69 Å². The fraction of sp³-hybridized carbons (Fsp3) is 0.222. The highest BCUT2D eigenvalue weighted by Gasteiger charge is 2.33. The maximum absolute atomic E-state index is 14.2. The Labute approximate surface area is 159 Å². The molecule has 0 aromatic heterocycles. The number of rotatable bonds is 6. The number of aliphatic hydroxyl groups is 1. The van der Waals surface area contributed by atoms with Gasteiger partial charge in [-0.1, -0.05) is 23.2 Å². The Hall–Kier alpha value is -2.20. The van der Waals surface area contributed by atoms with Crippen molar-refractivity contribution in [2.45, 2.75) is 18.8 Å². The van der Waals surface area contributed by atoms with Crippen molar-refractivity contribution < 1.29 is 18.7 Å². The molecule has 0 radical (unpaired) electrons. The monoisotopic (exact) mass is 398 g/mol. The summed E-state index contributed by atoms with van der Waals surface area (Å²) in [6.07, 6.45) is -0.678. The lowest BCUT2D eigenvalue weighted by molar-refractivity contribution is -0.0187. The van der Waals surface area contributed by atoms with Gasteiger partial charge in [0.25, 0.3) is 11.8 Å². The number of alkyl halides is 2. The molecule has 0 aliphatic rings. The fourth-order valence-electron chi connectivity index (χ4n) is 2.27. The Bertz CT molecular complexity index is 867. The number of carbonyl (C=O) groups is 1. The van der Waals surface area contributed by atoms with E-state index in [-0.39, 0.29) is 34.2 Å². The van der Waals surface area contributed by atoms with Gasteiger partial charge < -0.3 is 10.4 Å². The normalized spacial score (nSPS) is 11.1. The third-order valence-electron chi connectivity index (χ3n) is 3.62. The topological polar surface area (TPSA) is 73.1 Å². The lowest BCUT2D eigenvalue weighted by Gasteiger charge is -2.18. The van der Waals surface area contributed by atoms with E-state index in [0.717, 1.165) is 6.07 Å². The number of benzene rings is 2. The lowest BCUT2D eigenvalue weighted by atomic mass is 10.0. The lowest BCUT2D eigenvalue weighted by Crippen LogP contribution is -2.17. The summed E-state index contributed by atoms with van der Waals surface area (Å²) >= 11 is 11.8. The van der Waals surface area contributed by atoms with Crippen LogP contribution in [0.3, 0.4) is 0 Å². The third-order valence-corrected chi connectivity index (χ3v) is 4.26. The van der Waals surface area contributed by atoms with Gasteiger partial charge in [-0.25, -0.2) is 8.78 Å². The highest BCUT2D eigenvalue weighted by Crippen LogP contribution is 2.37. The number of hydrogen-bond acceptors (Lipinski definition) is 3. The van der Waals surface area contributed by atoms with Gasteiger partial charge in [0.15, 0.2) is 0 Å². The molecule has 0 unspecified atom stereocenters. The molecular formula is C18H14Cl2F2N2O2. The molecule has 0 heterocycles. The summed E-state index contributed by atoms with van der Waals surface area (Å²) in [6, 6.07) is 9.79. The molecule has 0 bridgehead atoms. The molecule has 8 heteroatoms. The standard InChI is InChI=1S/C18H14Cl2F2N2O2/c19-15-5-3-11(8-14(15)18(21,22)6-1-7-25)17(26)24-13-4-2-12(10-23)16(20)9-13/h2-5,8-9,25H,1,6-7H2,(H,24,26). The summed E-state index contributed by atoms with van der Waals surface area (Å²) < 4.78 is 28.5. The SMILES string of the molecule is N#Cc1ccc(NC(=O)c2ccc(Cl)c(C(F)(F)CCCO)c2)cc1Cl. The molecule has 0 atom stereocenters. The van der Waals surface area contributed by atoms with Crippen molar-refractivity contribution in [3.8, 4) is 6.07 Å². The van der Waals surface area contributed by atoms with E-state index in [4.69, 9.17) is 33.6 Å². The van der Waals surface area contributed by atoms with Crippen LogP contribution in [-0.2, 0) is 5.92 Å². The molecule has 2 aromatic rings. The Morgan fingerprint density at radius 3 is 2.54 bits per heavy atom. The van der Waals surface area contributed by atoms with Gasteiger partial charge in [-0.05, 0) is 42.8 Å². The van der Waals surface area contributed by atoms with Gasteiger partial charge in [-0.15, -0.1) is 0 Å². The van der Waals surface area contributed by atoms with Crippen LogP contribution in [0.4, 0.5) is 14.5 Å². The largest absolute Gasteiger partial charge is 0.396 e. The van der Waals surface area contributed by atoms with Crippen LogP contribution in [-0.4, -0.2) is 17.6 Å². The second kappa shape index (κ2) is 8.45. The van der Waals surface area contributed by atoms with Gasteiger partial charge >= 0.3 is 0 Å². The Balaban J connectivity index is 2.26. The van der Waals surface area contributed by atoms with Crippen molar-refractivity contribution in [2.24, 2.45) is 0 Å². The van der Waals surface area contributed by atoms with Crippen LogP contribution in [0.25, 0.3) is 0 Å². The molecule has 0 spiro atoms. The second-order valence-corrected chi connectivity index (χ2v) is 6.30. The zero-order valence-electron chi connectivity index (χ0n) is 13.4. The van der Waals surface area contributed by atoms with Crippen LogP contribution in [0.2, 0.25) is 10.0 Å². The second-order valence-electron chi connectivity index (χ2n) is 5.49. The number of amides is 1. The summed E-state index contributed by atoms with van der Waals surface area (Å²) in [4.78, 5) is 12.3. The molecule has 136 valence electrons. The van der Waals surface area contributed by atoms with Crippen LogP contribution >= 0.6 is 23.2 Å². The summed E-state index contributed by atoms with van der Waals surface area (Å²) in [5.41, 5.74) is 0.0937. The number of hydrogen-bond donors (Lipinski definition) is 2. The summed E-state index contributed by atoms with van der Waals surface area (Å²) in [5, 5.41) is 20.1. The number of anilines is 1. The first-order chi connectivity index (χ1) is 12.3. The molecule has 1 amide bonds. The first-order valence-electron chi connectivity index (χ1n) is 7.58. The van der Waals surface area contributed by atoms with Crippen molar-refractivity contribution in [3.05, 3.63) is 63.1 Å². The number of nitriles is 1. The van der Waals surface area contributed by atoms with Crippen molar-refractivity contribution in [2.75, 3.05) is 11.9 Å². The van der Waals surface area contributed by atoms with Gasteiger partial charge in [0.05, 0.1) is 10.6 Å². The number of carbonyl (C=O) groups excluding carboxylic acids is 1. The van der Waals surface area contributed by atoms with Gasteiger partial charge in [-0.3, -0.25) is 4.79 Å². The average molecular weight is 399 g/mol. The molecular weight excluding hydrogens is 385 g/mol. The van der Waals surface area contributed by atoms with Gasteiger partial charge in [0, 0.05) is 34.9 Å². The predicted molar refractivity (Wildman–Crippen MR) is 95.8 cm³/mol. The van der Waals surface area contributed by atoms with Crippen LogP contribution in [0.5, 0.6) is 0 Å². The van der Waals surface area contributed by atoms with Crippen molar-refractivity contribution in [3.63, 3.8) is 0 Å². The van der Waals surface area contributed by atoms with E-state index >= 15 is 0 Å². The Morgan fingerprint density at radius 2 is 1.92 bits per heavy atom. The molecule has 0 saturated heterocycles. The van der Waals surface area contributed by atoms with Crippen LogP contribution < -0.4 is 5.32 Å². The summed E-state index contributed by atoms with van der Waals surface area (Å²) in [6.45, 7) is -0.368. The van der Waals surface area contributed by atoms with E-state index in [1.807, 2.05) is 6.07 Å². The van der Waals surface area contributed by atoms with Gasteiger partial charge in [0.1, 0.15) is 6.07 Å². The van der Waals surface area contributed by atoms with E-state index < -0.39 is 23.8 Å². The maximum Gasteiger partial charge on any atom is 0.274 e. The zero-order valence-corrected chi connectivity index (χ0v) is 14.9. The minimum atomic E-state index is -3.27. The van der Waals surface area contributed by atoms with Crippen LogP contribution in [0, 0.1) is 11.3 Å². The number of nitrogens with zero attached hydrogens (tertiary/aromatic N) is 1. The highest BCUT2D eigenvalue weighted by atomic mass is 35.5. The van der Waals surface area contributed by atoms with Crippen molar-refractivity contribution in [1.82, 2.24) is 0 Å². The van der Waals surface area contributed by atoms with Gasteiger partial charge in [-0.2, -0.15) is 5.26 Å². The molecule has 0 aliphatic carbocycles. The van der Waals surface area contributed by atoms with Gasteiger partial charge in [0.2, 0.25) is 0 Å². The minimum Gasteiger partial charge on any atom is -0.396 e. The molecule has 0 saturated carbocycles. The predicted octanol–water partition coefficient (Wildman–Crippen LogP) is 4.98. The first kappa shape index (κ1) is 20.1. The minimum absolute atomic E-state index is 0.00597. The van der Waals surface area contributed by atoms with Crippen LogP contribution in [0.1, 0.15) is 34.3 Å². The van der Waals surface area contributed by atoms with E-state index in [2.05, 4.69) is 5.32 Å².